The fourth-order valence-corrected chi connectivity index (χ4v) is 11.8. The molecular formula is C59H84N2O10. The Labute approximate surface area is 424 Å². The van der Waals surface area contributed by atoms with Gasteiger partial charge in [-0.25, -0.2) is 4.79 Å². The predicted octanol–water partition coefficient (Wildman–Crippen LogP) is 10.6. The molecule has 2 aromatic rings. The number of carbonyl (C=O) groups is 4. The Bertz CT molecular complexity index is 2220. The zero-order chi connectivity index (χ0) is 51.1. The number of fused-ring (bicyclic) bond motifs is 3. The fourth-order valence-electron chi connectivity index (χ4n) is 11.8. The molecule has 0 spiro atoms. The summed E-state index contributed by atoms with van der Waals surface area (Å²) in [7, 11) is 1.61. The van der Waals surface area contributed by atoms with Gasteiger partial charge in [0.05, 0.1) is 29.9 Å². The van der Waals surface area contributed by atoms with Crippen LogP contribution >= 0.6 is 0 Å². The van der Waals surface area contributed by atoms with Crippen LogP contribution in [0.15, 0.2) is 71.8 Å². The van der Waals surface area contributed by atoms with Crippen LogP contribution in [0.2, 0.25) is 0 Å². The molecule has 12 heteroatoms. The Hall–Kier alpha value is -4.36. The minimum absolute atomic E-state index is 0.00642. The van der Waals surface area contributed by atoms with Crippen LogP contribution in [0.4, 0.5) is 0 Å². The molecule has 7 rings (SSSR count). The van der Waals surface area contributed by atoms with Crippen molar-refractivity contribution in [3.8, 4) is 0 Å². The van der Waals surface area contributed by atoms with E-state index in [0.29, 0.717) is 35.8 Å². The van der Waals surface area contributed by atoms with Gasteiger partial charge in [-0.2, -0.15) is 0 Å². The topological polar surface area (TPSA) is 153 Å². The lowest BCUT2D eigenvalue weighted by molar-refractivity contribution is -0.190. The van der Waals surface area contributed by atoms with E-state index < -0.39 is 72.1 Å². The number of aliphatic hydroxyl groups is 1. The van der Waals surface area contributed by atoms with E-state index in [0.717, 1.165) is 81.8 Å². The van der Waals surface area contributed by atoms with Crippen molar-refractivity contribution in [3.63, 3.8) is 0 Å². The summed E-state index contributed by atoms with van der Waals surface area (Å²) in [6.07, 6.45) is 14.9. The van der Waals surface area contributed by atoms with Gasteiger partial charge in [0.25, 0.3) is 0 Å². The van der Waals surface area contributed by atoms with Gasteiger partial charge >= 0.3 is 11.9 Å². The van der Waals surface area contributed by atoms with E-state index in [4.69, 9.17) is 23.7 Å². The maximum Gasteiger partial charge on any atom is 0.339 e. The van der Waals surface area contributed by atoms with Crippen LogP contribution in [-0.2, 0) is 44.5 Å². The first-order valence-corrected chi connectivity index (χ1v) is 27.0. The molecule has 5 aliphatic rings. The van der Waals surface area contributed by atoms with E-state index in [1.807, 2.05) is 60.7 Å². The summed E-state index contributed by atoms with van der Waals surface area (Å²) in [4.78, 5) is 58.2. The number of amides is 2. The van der Waals surface area contributed by atoms with Crippen LogP contribution in [0.1, 0.15) is 180 Å². The number of hydrogen-bond donors (Lipinski definition) is 2. The van der Waals surface area contributed by atoms with Gasteiger partial charge in [0.1, 0.15) is 30.0 Å². The molecule has 2 saturated carbocycles. The van der Waals surface area contributed by atoms with E-state index >= 15 is 4.79 Å². The molecule has 9 atom stereocenters. The molecule has 3 aliphatic carbocycles. The number of ether oxygens (including phenoxy) is 5. The summed E-state index contributed by atoms with van der Waals surface area (Å²) < 4.78 is 32.3. The van der Waals surface area contributed by atoms with Gasteiger partial charge in [0.15, 0.2) is 5.79 Å². The minimum Gasteiger partial charge on any atom is -0.460 e. The van der Waals surface area contributed by atoms with Crippen molar-refractivity contribution in [1.82, 2.24) is 10.2 Å². The number of likely N-dealkylation sites (N-methyl/N-ethyl adjacent to an activating group) is 1. The fraction of sp³-hybridized carbons (Fsp3) is 0.661. The summed E-state index contributed by atoms with van der Waals surface area (Å²) >= 11 is 0. The third kappa shape index (κ3) is 13.6. The quantitative estimate of drug-likeness (QED) is 0.0702. The van der Waals surface area contributed by atoms with Crippen molar-refractivity contribution in [1.29, 1.82) is 0 Å². The molecule has 0 aromatic heterocycles. The number of aliphatic hydroxyl groups excluding tert-OH is 1. The van der Waals surface area contributed by atoms with Gasteiger partial charge in [-0.05, 0) is 120 Å². The number of nitrogens with one attached hydrogen (secondary N) is 1. The van der Waals surface area contributed by atoms with Gasteiger partial charge in [-0.1, -0.05) is 114 Å². The molecule has 2 saturated heterocycles. The molecule has 12 nitrogen and oxygen atoms in total. The Morgan fingerprint density at radius 3 is 2.27 bits per heavy atom. The highest BCUT2D eigenvalue weighted by atomic mass is 16.8. The maximum absolute atomic E-state index is 15.0. The lowest BCUT2D eigenvalue weighted by Crippen LogP contribution is -2.53. The van der Waals surface area contributed by atoms with Crippen molar-refractivity contribution in [2.75, 3.05) is 13.7 Å². The van der Waals surface area contributed by atoms with Gasteiger partial charge in [-0.3, -0.25) is 14.4 Å². The van der Waals surface area contributed by atoms with Gasteiger partial charge in [0, 0.05) is 44.7 Å². The lowest BCUT2D eigenvalue weighted by Gasteiger charge is -2.53. The first-order valence-electron chi connectivity index (χ1n) is 27.0. The molecule has 2 aromatic carbocycles. The molecule has 2 aliphatic heterocycles. The first-order chi connectivity index (χ1) is 33.8. The highest BCUT2D eigenvalue weighted by molar-refractivity contribution is 5.98. The Balaban J connectivity index is 1.17. The number of unbranched alkanes of at least 4 members (excludes halogenated alkanes) is 4. The number of epoxide rings is 1. The van der Waals surface area contributed by atoms with E-state index in [-0.39, 0.29) is 42.8 Å². The van der Waals surface area contributed by atoms with Crippen molar-refractivity contribution >= 4 is 29.8 Å². The van der Waals surface area contributed by atoms with Crippen molar-refractivity contribution < 1.29 is 48.0 Å². The molecule has 1 unspecified atom stereocenters. The van der Waals surface area contributed by atoms with Crippen LogP contribution < -0.4 is 5.32 Å². The molecule has 0 bridgehead atoms. The Morgan fingerprint density at radius 2 is 1.61 bits per heavy atom. The maximum atomic E-state index is 15.0. The number of carbonyl (C=O) groups excluding carboxylic acids is 4. The summed E-state index contributed by atoms with van der Waals surface area (Å²) in [5.41, 5.74) is 3.36. The summed E-state index contributed by atoms with van der Waals surface area (Å²) in [5, 5.41) is 13.3. The number of esters is 2. The van der Waals surface area contributed by atoms with E-state index in [1.165, 1.54) is 10.5 Å². The Kier molecular flexibility index (Phi) is 17.8. The summed E-state index contributed by atoms with van der Waals surface area (Å²) in [5.74, 6) is -1.73. The smallest absolute Gasteiger partial charge is 0.339 e. The second-order valence-corrected chi connectivity index (χ2v) is 23.2. The molecule has 71 heavy (non-hydrogen) atoms. The zero-order valence-electron chi connectivity index (χ0n) is 44.3. The normalized spacial score (nSPS) is 27.7. The number of hydrogen-bond acceptors (Lipinski definition) is 10. The number of rotatable bonds is 21. The molecule has 0 radical (unpaired) electrons. The van der Waals surface area contributed by atoms with Crippen molar-refractivity contribution in [2.45, 2.75) is 218 Å². The largest absolute Gasteiger partial charge is 0.460 e. The third-order valence-electron chi connectivity index (χ3n) is 16.0. The first kappa shape index (κ1) is 54.4. The monoisotopic (exact) mass is 981 g/mol. The SMILES string of the molecule is CCCCCC1(CCCCC)O[C@@H]2[C@@H](C=C(C(=O)N(C)[C@H](Cc3ccccc3)C(=O)N[C@H](CO)CCC(=O)OC(C)(C)C)C[C@H]2OC(=O)c2ccccc2C=C2CCC3O[C@]3(C)CC[C@@H]3[C@@H]2CC3(C)C)O1. The molecule has 2 N–H and O–H groups in total. The van der Waals surface area contributed by atoms with Crippen LogP contribution in [0.3, 0.4) is 0 Å². The van der Waals surface area contributed by atoms with Gasteiger partial charge in [-0.15, -0.1) is 0 Å². The second kappa shape index (κ2) is 23.2. The average Bonchev–Trinajstić information content (AvgIpc) is 3.81. The van der Waals surface area contributed by atoms with Gasteiger partial charge in [0.2, 0.25) is 11.8 Å². The minimum atomic E-state index is -0.999. The highest BCUT2D eigenvalue weighted by Gasteiger charge is 2.57. The summed E-state index contributed by atoms with van der Waals surface area (Å²) in [6, 6.07) is 15.4. The van der Waals surface area contributed by atoms with Crippen LogP contribution in [0, 0.1) is 17.3 Å². The number of allylic oxidation sites excluding steroid dienone is 1. The van der Waals surface area contributed by atoms with Crippen LogP contribution in [0.25, 0.3) is 6.08 Å². The predicted molar refractivity (Wildman–Crippen MR) is 275 cm³/mol. The second-order valence-electron chi connectivity index (χ2n) is 23.2. The van der Waals surface area contributed by atoms with Gasteiger partial charge < -0.3 is 39.0 Å². The van der Waals surface area contributed by atoms with E-state index in [1.54, 1.807) is 27.8 Å². The molecular weight excluding hydrogens is 897 g/mol. The highest BCUT2D eigenvalue weighted by Crippen LogP contribution is 2.60. The summed E-state index contributed by atoms with van der Waals surface area (Å²) in [6.45, 7) is 16.3. The lowest BCUT2D eigenvalue weighted by atomic mass is 9.52. The number of benzene rings is 2. The third-order valence-corrected chi connectivity index (χ3v) is 16.0. The zero-order valence-corrected chi connectivity index (χ0v) is 44.3. The Morgan fingerprint density at radius 1 is 0.915 bits per heavy atom. The molecule has 2 amide bonds. The van der Waals surface area contributed by atoms with Crippen molar-refractivity contribution in [2.24, 2.45) is 17.3 Å². The van der Waals surface area contributed by atoms with E-state index in [2.05, 4.69) is 46.0 Å². The standard InChI is InChI=1S/C59H84N2O10/c1-10-12-19-30-59(31-20-13-11-2)68-49-36-42(54(65)61(9)47(33-39-21-15-14-16-22-39)53(64)60-43(38-62)26-28-51(63)70-56(3,4)5)35-48(52(49)71-59)67-55(66)44-24-18-17-23-40(44)34-41-25-27-50-58(8,69-50)32-29-46-45(41)37-57(46,6)7/h14-18,21-24,34,36,43,45-50,52,62H,10-13,19-20,25-33,35,37-38H2,1-9H3,(H,60,64)/t43-,45+,46+,47+,48+,49+,50?,52-,58+/m0/s1. The molecule has 2 heterocycles. The average molecular weight is 981 g/mol. The number of nitrogens with zero attached hydrogens (tertiary/aromatic N) is 1. The van der Waals surface area contributed by atoms with Crippen LogP contribution in [0.5, 0.6) is 0 Å². The van der Waals surface area contributed by atoms with Crippen molar-refractivity contribution in [3.05, 3.63) is 88.5 Å². The van der Waals surface area contributed by atoms with E-state index in [9.17, 15) is 19.5 Å². The van der Waals surface area contributed by atoms with Crippen LogP contribution in [-0.4, -0.2) is 101 Å². The molecule has 4 fully saturated rings. The molecule has 390 valence electrons.